The lowest BCUT2D eigenvalue weighted by atomic mass is 10.1. The van der Waals surface area contributed by atoms with Crippen molar-refractivity contribution in [2.24, 2.45) is 0 Å². The van der Waals surface area contributed by atoms with E-state index in [1.165, 1.54) is 0 Å². The molecule has 3 aromatic rings. The van der Waals surface area contributed by atoms with Gasteiger partial charge in [-0.1, -0.05) is 41.9 Å². The Kier molecular flexibility index (Phi) is 5.56. The third kappa shape index (κ3) is 4.74. The number of anilines is 1. The number of halogens is 1. The van der Waals surface area contributed by atoms with Crippen LogP contribution >= 0.6 is 11.6 Å². The first-order valence-electron chi connectivity index (χ1n) is 8.29. The molecule has 3 nitrogen and oxygen atoms in total. The van der Waals surface area contributed by atoms with Gasteiger partial charge in [0.05, 0.1) is 6.61 Å². The molecule has 1 amide bonds. The molecule has 0 aliphatic rings. The van der Waals surface area contributed by atoms with Crippen LogP contribution in [0.15, 0.2) is 60.7 Å². The Morgan fingerprint density at radius 3 is 2.64 bits per heavy atom. The number of ether oxygens (including phenoxy) is 1. The fraction of sp³-hybridized carbons (Fsp3) is 0.190. The molecule has 0 unspecified atom stereocenters. The molecular formula is C21H20ClNO2. The van der Waals surface area contributed by atoms with E-state index in [2.05, 4.69) is 11.4 Å². The summed E-state index contributed by atoms with van der Waals surface area (Å²) in [5, 5.41) is 5.93. The van der Waals surface area contributed by atoms with Gasteiger partial charge in [0.15, 0.2) is 0 Å². The molecule has 0 fully saturated rings. The normalized spacial score (nSPS) is 10.6. The highest BCUT2D eigenvalue weighted by molar-refractivity contribution is 6.31. The maximum Gasteiger partial charge on any atom is 0.224 e. The molecule has 0 aromatic heterocycles. The summed E-state index contributed by atoms with van der Waals surface area (Å²) >= 11 is 5.99. The summed E-state index contributed by atoms with van der Waals surface area (Å²) < 4.78 is 5.66. The summed E-state index contributed by atoms with van der Waals surface area (Å²) in [5.41, 5.74) is 1.80. The van der Waals surface area contributed by atoms with E-state index in [1.807, 2.05) is 61.5 Å². The van der Waals surface area contributed by atoms with Crippen molar-refractivity contribution in [2.75, 3.05) is 11.9 Å². The van der Waals surface area contributed by atoms with E-state index in [0.29, 0.717) is 19.4 Å². The van der Waals surface area contributed by atoms with Gasteiger partial charge in [-0.2, -0.15) is 0 Å². The zero-order valence-electron chi connectivity index (χ0n) is 14.1. The summed E-state index contributed by atoms with van der Waals surface area (Å²) in [7, 11) is 0. The van der Waals surface area contributed by atoms with E-state index >= 15 is 0 Å². The van der Waals surface area contributed by atoms with Gasteiger partial charge in [-0.3, -0.25) is 4.79 Å². The van der Waals surface area contributed by atoms with Crippen LogP contribution in [0, 0.1) is 6.92 Å². The molecule has 0 spiro atoms. The monoisotopic (exact) mass is 353 g/mol. The molecule has 25 heavy (non-hydrogen) atoms. The van der Waals surface area contributed by atoms with Gasteiger partial charge in [0.1, 0.15) is 5.75 Å². The van der Waals surface area contributed by atoms with Gasteiger partial charge in [-0.05, 0) is 60.0 Å². The van der Waals surface area contributed by atoms with E-state index in [9.17, 15) is 4.79 Å². The molecule has 0 bridgehead atoms. The first-order chi connectivity index (χ1) is 12.1. The van der Waals surface area contributed by atoms with Gasteiger partial charge in [0.2, 0.25) is 5.91 Å². The third-order valence-electron chi connectivity index (χ3n) is 3.98. The van der Waals surface area contributed by atoms with E-state index in [4.69, 9.17) is 16.3 Å². The van der Waals surface area contributed by atoms with Crippen molar-refractivity contribution >= 4 is 34.0 Å². The molecule has 1 N–H and O–H groups in total. The standard InChI is InChI=1S/C21H20ClNO2/c1-15-13-19(10-11-20(15)22)25-12-4-7-21(24)23-18-9-8-16-5-2-3-6-17(16)14-18/h2-3,5-6,8-11,13-14H,4,7,12H2,1H3,(H,23,24). The molecule has 0 saturated heterocycles. The number of carbonyl (C=O) groups excluding carboxylic acids is 1. The number of fused-ring (bicyclic) bond motifs is 1. The third-order valence-corrected chi connectivity index (χ3v) is 4.40. The highest BCUT2D eigenvalue weighted by Crippen LogP contribution is 2.21. The minimum absolute atomic E-state index is 0.00818. The second-order valence-corrected chi connectivity index (χ2v) is 6.38. The number of hydrogen-bond acceptors (Lipinski definition) is 2. The van der Waals surface area contributed by atoms with Crippen molar-refractivity contribution < 1.29 is 9.53 Å². The number of aryl methyl sites for hydroxylation is 1. The van der Waals surface area contributed by atoms with Crippen LogP contribution in [0.3, 0.4) is 0 Å². The molecule has 0 atom stereocenters. The quantitative estimate of drug-likeness (QED) is 0.586. The van der Waals surface area contributed by atoms with Gasteiger partial charge in [0, 0.05) is 17.1 Å². The Hall–Kier alpha value is -2.52. The predicted octanol–water partition coefficient (Wildman–Crippen LogP) is 5.60. The number of hydrogen-bond donors (Lipinski definition) is 1. The van der Waals surface area contributed by atoms with Crippen LogP contribution in [0.25, 0.3) is 10.8 Å². The van der Waals surface area contributed by atoms with Gasteiger partial charge < -0.3 is 10.1 Å². The van der Waals surface area contributed by atoms with Crippen LogP contribution in [-0.4, -0.2) is 12.5 Å². The Labute approximate surface area is 152 Å². The maximum atomic E-state index is 12.1. The average molecular weight is 354 g/mol. The van der Waals surface area contributed by atoms with Crippen LogP contribution in [0.2, 0.25) is 5.02 Å². The zero-order valence-corrected chi connectivity index (χ0v) is 14.8. The Morgan fingerprint density at radius 1 is 1.04 bits per heavy atom. The lowest BCUT2D eigenvalue weighted by molar-refractivity contribution is -0.116. The second kappa shape index (κ2) is 8.04. The lowest BCUT2D eigenvalue weighted by Crippen LogP contribution is -2.12. The number of carbonyl (C=O) groups is 1. The Bertz CT molecular complexity index is 892. The lowest BCUT2D eigenvalue weighted by Gasteiger charge is -2.09. The van der Waals surface area contributed by atoms with Crippen molar-refractivity contribution in [1.29, 1.82) is 0 Å². The first kappa shape index (κ1) is 17.3. The number of rotatable bonds is 6. The molecule has 0 saturated carbocycles. The molecule has 128 valence electrons. The van der Waals surface area contributed by atoms with E-state index < -0.39 is 0 Å². The van der Waals surface area contributed by atoms with Crippen LogP contribution in [0.5, 0.6) is 5.75 Å². The highest BCUT2D eigenvalue weighted by Gasteiger charge is 2.04. The van der Waals surface area contributed by atoms with Crippen LogP contribution in [-0.2, 0) is 4.79 Å². The van der Waals surface area contributed by atoms with E-state index in [-0.39, 0.29) is 5.91 Å². The molecule has 0 aliphatic carbocycles. The fourth-order valence-corrected chi connectivity index (χ4v) is 2.74. The predicted molar refractivity (Wildman–Crippen MR) is 103 cm³/mol. The Morgan fingerprint density at radius 2 is 1.84 bits per heavy atom. The first-order valence-corrected chi connectivity index (χ1v) is 8.67. The second-order valence-electron chi connectivity index (χ2n) is 5.97. The van der Waals surface area contributed by atoms with Crippen molar-refractivity contribution in [3.63, 3.8) is 0 Å². The van der Waals surface area contributed by atoms with Crippen molar-refractivity contribution in [1.82, 2.24) is 0 Å². The SMILES string of the molecule is Cc1cc(OCCCC(=O)Nc2ccc3ccccc3c2)ccc1Cl. The minimum Gasteiger partial charge on any atom is -0.494 e. The van der Waals surface area contributed by atoms with Crippen LogP contribution < -0.4 is 10.1 Å². The molecule has 0 radical (unpaired) electrons. The number of amides is 1. The topological polar surface area (TPSA) is 38.3 Å². The summed E-state index contributed by atoms with van der Waals surface area (Å²) in [6.45, 7) is 2.43. The smallest absolute Gasteiger partial charge is 0.224 e. The minimum atomic E-state index is -0.00818. The summed E-state index contributed by atoms with van der Waals surface area (Å²) in [6.07, 6.45) is 1.07. The van der Waals surface area contributed by atoms with Crippen LogP contribution in [0.1, 0.15) is 18.4 Å². The maximum absolute atomic E-state index is 12.1. The van der Waals surface area contributed by atoms with Gasteiger partial charge in [-0.25, -0.2) is 0 Å². The van der Waals surface area contributed by atoms with Crippen molar-refractivity contribution in [2.45, 2.75) is 19.8 Å². The zero-order chi connectivity index (χ0) is 17.6. The molecule has 3 aromatic carbocycles. The largest absolute Gasteiger partial charge is 0.494 e. The van der Waals surface area contributed by atoms with Gasteiger partial charge in [0.25, 0.3) is 0 Å². The molecule has 0 heterocycles. The summed E-state index contributed by atoms with van der Waals surface area (Å²) in [4.78, 5) is 12.1. The number of nitrogens with one attached hydrogen (secondary N) is 1. The Balaban J connectivity index is 1.46. The molecule has 4 heteroatoms. The highest BCUT2D eigenvalue weighted by atomic mass is 35.5. The van der Waals surface area contributed by atoms with Crippen molar-refractivity contribution in [3.05, 3.63) is 71.2 Å². The van der Waals surface area contributed by atoms with Crippen LogP contribution in [0.4, 0.5) is 5.69 Å². The van der Waals surface area contributed by atoms with Gasteiger partial charge >= 0.3 is 0 Å². The molecule has 3 rings (SSSR count). The van der Waals surface area contributed by atoms with E-state index in [1.54, 1.807) is 0 Å². The fourth-order valence-electron chi connectivity index (χ4n) is 2.62. The average Bonchev–Trinajstić information content (AvgIpc) is 2.61. The molecular weight excluding hydrogens is 334 g/mol. The molecule has 0 aliphatic heterocycles. The van der Waals surface area contributed by atoms with E-state index in [0.717, 1.165) is 32.8 Å². The van der Waals surface area contributed by atoms with Gasteiger partial charge in [-0.15, -0.1) is 0 Å². The summed E-state index contributed by atoms with van der Waals surface area (Å²) in [5.74, 6) is 0.767. The summed E-state index contributed by atoms with van der Waals surface area (Å²) in [6, 6.07) is 19.6. The number of benzene rings is 3. The van der Waals surface area contributed by atoms with Crippen molar-refractivity contribution in [3.8, 4) is 5.75 Å².